The molecule has 1 fully saturated rings. The van der Waals surface area contributed by atoms with Crippen molar-refractivity contribution < 1.29 is 14.3 Å². The molecule has 0 spiro atoms. The largest absolute Gasteiger partial charge is 0.365 e. The number of carbonyl (C=O) groups is 2. The van der Waals surface area contributed by atoms with Crippen LogP contribution in [-0.4, -0.2) is 52.5 Å². The van der Waals surface area contributed by atoms with Gasteiger partial charge in [0.1, 0.15) is 0 Å². The molecule has 1 aliphatic heterocycles. The molecular weight excluding hydrogens is 416 g/mol. The third-order valence-corrected chi connectivity index (χ3v) is 5.63. The summed E-state index contributed by atoms with van der Waals surface area (Å²) in [7, 11) is 0. The lowest BCUT2D eigenvalue weighted by molar-refractivity contribution is -0.131. The number of fused-ring (bicyclic) bond motifs is 1. The van der Waals surface area contributed by atoms with Gasteiger partial charge >= 0.3 is 0 Å². The van der Waals surface area contributed by atoms with Crippen molar-refractivity contribution in [1.82, 2.24) is 14.9 Å². The predicted octanol–water partition coefficient (Wildman–Crippen LogP) is 3.78. The van der Waals surface area contributed by atoms with Crippen molar-refractivity contribution in [2.45, 2.75) is 6.10 Å². The predicted molar refractivity (Wildman–Crippen MR) is 126 cm³/mol. The van der Waals surface area contributed by atoms with Gasteiger partial charge in [0, 0.05) is 30.2 Å². The van der Waals surface area contributed by atoms with Crippen LogP contribution in [0.4, 0.5) is 5.69 Å². The molecule has 3 aromatic carbocycles. The van der Waals surface area contributed by atoms with Crippen molar-refractivity contribution in [3.8, 4) is 11.1 Å². The van der Waals surface area contributed by atoms with E-state index in [9.17, 15) is 9.59 Å². The number of anilines is 1. The maximum Gasteiger partial charge on any atom is 0.255 e. The molecule has 7 nitrogen and oxygen atoms in total. The summed E-state index contributed by atoms with van der Waals surface area (Å²) in [5.41, 5.74) is 4.50. The van der Waals surface area contributed by atoms with Gasteiger partial charge in [0.15, 0.2) is 6.10 Å². The molecule has 33 heavy (non-hydrogen) atoms. The number of rotatable bonds is 4. The van der Waals surface area contributed by atoms with Crippen molar-refractivity contribution in [1.29, 1.82) is 0 Å². The lowest BCUT2D eigenvalue weighted by Gasteiger charge is -2.32. The third kappa shape index (κ3) is 4.44. The fourth-order valence-corrected chi connectivity index (χ4v) is 3.97. The topological polar surface area (TPSA) is 84.4 Å². The summed E-state index contributed by atoms with van der Waals surface area (Å²) in [5.74, 6) is -0.413. The molecule has 0 saturated carbocycles. The Morgan fingerprint density at radius 3 is 2.52 bits per heavy atom. The molecule has 1 N–H and O–H groups in total. The van der Waals surface area contributed by atoms with Gasteiger partial charge in [0.2, 0.25) is 0 Å². The van der Waals surface area contributed by atoms with Gasteiger partial charge in [-0.3, -0.25) is 19.6 Å². The molecule has 1 aliphatic rings. The normalized spacial score (nSPS) is 15.9. The van der Waals surface area contributed by atoms with E-state index in [4.69, 9.17) is 4.74 Å². The van der Waals surface area contributed by atoms with E-state index in [1.165, 1.54) is 0 Å². The minimum absolute atomic E-state index is 0.114. The standard InChI is InChI=1S/C26H22N4O3/c31-25(29-19-10-11-22-23(16-19)28-13-12-27-22)24-17-30(14-15-33-24)26(32)21-9-5-4-8-20(21)18-6-2-1-3-7-18/h1-13,16,24H,14-15,17H2,(H,29,31). The van der Waals surface area contributed by atoms with E-state index in [0.717, 1.165) is 16.6 Å². The zero-order valence-electron chi connectivity index (χ0n) is 17.8. The van der Waals surface area contributed by atoms with Crippen LogP contribution in [0.1, 0.15) is 10.4 Å². The van der Waals surface area contributed by atoms with E-state index < -0.39 is 6.10 Å². The van der Waals surface area contributed by atoms with Gasteiger partial charge in [-0.2, -0.15) is 0 Å². The van der Waals surface area contributed by atoms with Gasteiger partial charge in [0.25, 0.3) is 11.8 Å². The van der Waals surface area contributed by atoms with Crippen LogP contribution in [0.15, 0.2) is 85.2 Å². The molecule has 1 atom stereocenters. The fraction of sp³-hybridized carbons (Fsp3) is 0.154. The van der Waals surface area contributed by atoms with Crippen molar-refractivity contribution in [3.05, 3.63) is 90.8 Å². The smallest absolute Gasteiger partial charge is 0.255 e. The molecule has 0 aliphatic carbocycles. The third-order valence-electron chi connectivity index (χ3n) is 5.63. The summed E-state index contributed by atoms with van der Waals surface area (Å²) < 4.78 is 5.70. The molecule has 5 rings (SSSR count). The number of nitrogens with one attached hydrogen (secondary N) is 1. The highest BCUT2D eigenvalue weighted by molar-refractivity contribution is 6.02. The van der Waals surface area contributed by atoms with Crippen molar-refractivity contribution in [3.63, 3.8) is 0 Å². The van der Waals surface area contributed by atoms with Crippen LogP contribution < -0.4 is 5.32 Å². The van der Waals surface area contributed by atoms with Gasteiger partial charge < -0.3 is 15.0 Å². The summed E-state index contributed by atoms with van der Waals surface area (Å²) >= 11 is 0. The first-order valence-electron chi connectivity index (χ1n) is 10.8. The van der Waals surface area contributed by atoms with E-state index in [1.54, 1.807) is 35.5 Å². The molecule has 1 unspecified atom stereocenters. The SMILES string of the molecule is O=C(Nc1ccc2nccnc2c1)C1CN(C(=O)c2ccccc2-c2ccccc2)CCO1. The number of amides is 2. The number of hydrogen-bond acceptors (Lipinski definition) is 5. The van der Waals surface area contributed by atoms with Gasteiger partial charge in [0.05, 0.1) is 24.2 Å². The fourth-order valence-electron chi connectivity index (χ4n) is 3.97. The van der Waals surface area contributed by atoms with Crippen molar-refractivity contribution in [2.24, 2.45) is 0 Å². The van der Waals surface area contributed by atoms with E-state index >= 15 is 0 Å². The van der Waals surface area contributed by atoms with Gasteiger partial charge in [-0.25, -0.2) is 0 Å². The van der Waals surface area contributed by atoms with Crippen LogP contribution in [-0.2, 0) is 9.53 Å². The highest BCUT2D eigenvalue weighted by Gasteiger charge is 2.30. The number of aromatic nitrogens is 2. The zero-order valence-corrected chi connectivity index (χ0v) is 17.8. The second-order valence-electron chi connectivity index (χ2n) is 7.77. The number of nitrogens with zero attached hydrogens (tertiary/aromatic N) is 3. The first-order chi connectivity index (χ1) is 16.2. The molecule has 7 heteroatoms. The highest BCUT2D eigenvalue weighted by atomic mass is 16.5. The molecule has 0 bridgehead atoms. The van der Waals surface area contributed by atoms with E-state index in [0.29, 0.717) is 29.9 Å². The first kappa shape index (κ1) is 20.8. The second kappa shape index (κ2) is 9.18. The van der Waals surface area contributed by atoms with Crippen LogP contribution >= 0.6 is 0 Å². The maximum absolute atomic E-state index is 13.4. The van der Waals surface area contributed by atoms with Gasteiger partial charge in [-0.05, 0) is 35.4 Å². The first-order valence-corrected chi connectivity index (χ1v) is 10.8. The Hall–Kier alpha value is -4.10. The van der Waals surface area contributed by atoms with Crippen molar-refractivity contribution in [2.75, 3.05) is 25.0 Å². The Labute approximate surface area is 191 Å². The Morgan fingerprint density at radius 1 is 0.909 bits per heavy atom. The number of morpholine rings is 1. The summed E-state index contributed by atoms with van der Waals surface area (Å²) in [4.78, 5) is 36.5. The summed E-state index contributed by atoms with van der Waals surface area (Å²) in [6, 6.07) is 22.7. The van der Waals surface area contributed by atoms with E-state index in [1.807, 2.05) is 54.6 Å². The van der Waals surface area contributed by atoms with Crippen LogP contribution in [0, 0.1) is 0 Å². The maximum atomic E-state index is 13.4. The van der Waals surface area contributed by atoms with E-state index in [-0.39, 0.29) is 18.4 Å². The van der Waals surface area contributed by atoms with Crippen LogP contribution in [0.5, 0.6) is 0 Å². The van der Waals surface area contributed by atoms with E-state index in [2.05, 4.69) is 15.3 Å². The zero-order chi connectivity index (χ0) is 22.6. The van der Waals surface area contributed by atoms with Crippen LogP contribution in [0.3, 0.4) is 0 Å². The summed E-state index contributed by atoms with van der Waals surface area (Å²) in [6.07, 6.45) is 2.47. The Morgan fingerprint density at radius 2 is 1.67 bits per heavy atom. The minimum Gasteiger partial charge on any atom is -0.365 e. The minimum atomic E-state index is -0.760. The molecule has 164 valence electrons. The summed E-state index contributed by atoms with van der Waals surface area (Å²) in [6.45, 7) is 0.902. The lowest BCUT2D eigenvalue weighted by Crippen LogP contribution is -2.50. The molecule has 1 aromatic heterocycles. The molecule has 2 heterocycles. The monoisotopic (exact) mass is 438 g/mol. The Balaban J connectivity index is 1.31. The Bertz CT molecular complexity index is 1310. The van der Waals surface area contributed by atoms with Gasteiger partial charge in [-0.15, -0.1) is 0 Å². The molecule has 4 aromatic rings. The number of carbonyl (C=O) groups excluding carboxylic acids is 2. The lowest BCUT2D eigenvalue weighted by atomic mass is 9.98. The van der Waals surface area contributed by atoms with Crippen LogP contribution in [0.25, 0.3) is 22.2 Å². The number of ether oxygens (including phenoxy) is 1. The average molecular weight is 438 g/mol. The second-order valence-corrected chi connectivity index (χ2v) is 7.77. The van der Waals surface area contributed by atoms with Crippen molar-refractivity contribution >= 4 is 28.5 Å². The summed E-state index contributed by atoms with van der Waals surface area (Å²) in [5, 5.41) is 2.87. The molecule has 1 saturated heterocycles. The molecular formula is C26H22N4O3. The molecule has 0 radical (unpaired) electrons. The van der Waals surface area contributed by atoms with Crippen LogP contribution in [0.2, 0.25) is 0 Å². The molecule has 2 amide bonds. The average Bonchev–Trinajstić information content (AvgIpc) is 2.89. The van der Waals surface area contributed by atoms with Gasteiger partial charge in [-0.1, -0.05) is 48.5 Å². The number of benzene rings is 3. The highest BCUT2D eigenvalue weighted by Crippen LogP contribution is 2.25. The Kier molecular flexibility index (Phi) is 5.78. The quantitative estimate of drug-likeness (QED) is 0.524. The number of hydrogen-bond donors (Lipinski definition) is 1.